The largest absolute Gasteiger partial charge is 0.390 e. The van der Waals surface area contributed by atoms with E-state index in [1.165, 1.54) is 12.8 Å². The quantitative estimate of drug-likeness (QED) is 0.727. The molecule has 1 N–H and O–H groups in total. The highest BCUT2D eigenvalue weighted by atomic mass is 16.3. The fourth-order valence-electron chi connectivity index (χ4n) is 1.94. The maximum atomic E-state index is 10.1. The Morgan fingerprint density at radius 3 is 2.53 bits per heavy atom. The van der Waals surface area contributed by atoms with E-state index in [1.807, 2.05) is 6.79 Å². The van der Waals surface area contributed by atoms with Crippen molar-refractivity contribution in [2.24, 2.45) is 5.92 Å². The number of allylic oxidation sites excluding steroid dienone is 1. The topological polar surface area (TPSA) is 37.3 Å². The summed E-state index contributed by atoms with van der Waals surface area (Å²) in [5.74, 6) is 0.766. The molecule has 1 unspecified atom stereocenters. The number of aliphatic hydroxyl groups is 1. The van der Waals surface area contributed by atoms with Gasteiger partial charge < -0.3 is 9.90 Å². The van der Waals surface area contributed by atoms with Gasteiger partial charge in [0, 0.05) is 0 Å². The predicted molar refractivity (Wildman–Crippen MR) is 63.8 cm³/mol. The number of carbonyl (C=O) groups excluding carboxylic acids is 1. The summed E-state index contributed by atoms with van der Waals surface area (Å²) in [5.41, 5.74) is -0.371. The van der Waals surface area contributed by atoms with Crippen molar-refractivity contribution in [3.05, 3.63) is 12.2 Å². The summed E-state index contributed by atoms with van der Waals surface area (Å²) in [7, 11) is 0. The van der Waals surface area contributed by atoms with Gasteiger partial charge in [0.2, 0.25) is 0 Å². The molecule has 1 aliphatic carbocycles. The van der Waals surface area contributed by atoms with Crippen LogP contribution in [0.25, 0.3) is 0 Å². The van der Waals surface area contributed by atoms with Crippen LogP contribution in [0.2, 0.25) is 0 Å². The van der Waals surface area contributed by atoms with Crippen molar-refractivity contribution in [3.63, 3.8) is 0 Å². The molecule has 0 aromatic heterocycles. The molecule has 2 nitrogen and oxygen atoms in total. The smallest absolute Gasteiger partial charge is 0.106 e. The van der Waals surface area contributed by atoms with Gasteiger partial charge in [0.15, 0.2) is 0 Å². The van der Waals surface area contributed by atoms with Crippen molar-refractivity contribution >= 4 is 6.79 Å². The molecule has 15 heavy (non-hydrogen) atoms. The fraction of sp³-hybridized carbons (Fsp3) is 0.769. The highest BCUT2D eigenvalue weighted by Crippen LogP contribution is 2.29. The van der Waals surface area contributed by atoms with Crippen LogP contribution in [0.15, 0.2) is 12.2 Å². The normalized spacial score (nSPS) is 24.8. The minimum atomic E-state index is -0.371. The first-order valence-electron chi connectivity index (χ1n) is 5.79. The van der Waals surface area contributed by atoms with Crippen LogP contribution in [-0.2, 0) is 4.79 Å². The number of hydrogen-bond donors (Lipinski definition) is 1. The van der Waals surface area contributed by atoms with Crippen molar-refractivity contribution < 1.29 is 9.90 Å². The second-order valence-electron chi connectivity index (χ2n) is 4.72. The minimum Gasteiger partial charge on any atom is -0.390 e. The van der Waals surface area contributed by atoms with Crippen LogP contribution in [0.3, 0.4) is 0 Å². The second-order valence-corrected chi connectivity index (χ2v) is 4.72. The highest BCUT2D eigenvalue weighted by molar-refractivity contribution is 5.11. The summed E-state index contributed by atoms with van der Waals surface area (Å²) in [6.07, 6.45) is 10.6. The molecule has 1 atom stereocenters. The van der Waals surface area contributed by atoms with E-state index < -0.39 is 0 Å². The zero-order chi connectivity index (χ0) is 11.7. The monoisotopic (exact) mass is 212 g/mol. The third-order valence-electron chi connectivity index (χ3n) is 2.86. The fourth-order valence-corrected chi connectivity index (χ4v) is 1.94. The first-order valence-corrected chi connectivity index (χ1v) is 5.79. The molecule has 0 bridgehead atoms. The Hall–Kier alpha value is -0.630. The van der Waals surface area contributed by atoms with Gasteiger partial charge >= 0.3 is 0 Å². The predicted octanol–water partition coefficient (Wildman–Crippen LogP) is 3.10. The van der Waals surface area contributed by atoms with Gasteiger partial charge in [-0.25, -0.2) is 0 Å². The van der Waals surface area contributed by atoms with Gasteiger partial charge in [-0.3, -0.25) is 0 Å². The van der Waals surface area contributed by atoms with Crippen molar-refractivity contribution in [1.82, 2.24) is 0 Å². The Labute approximate surface area is 93.4 Å². The van der Waals surface area contributed by atoms with Gasteiger partial charge in [0.25, 0.3) is 0 Å². The average molecular weight is 212 g/mol. The van der Waals surface area contributed by atoms with Gasteiger partial charge in [0.1, 0.15) is 6.79 Å². The standard InChI is InChI=1S/C12H22O.CH2O/c1-11(2)7-6-10-12(13)8-4-3-5-9-12;1-2/h3-4,11,13H,5-10H2,1-2H3;1H2. The Kier molecular flexibility index (Phi) is 7.31. The number of hydrogen-bond acceptors (Lipinski definition) is 2. The lowest BCUT2D eigenvalue weighted by Crippen LogP contribution is -2.29. The van der Waals surface area contributed by atoms with E-state index >= 15 is 0 Å². The number of carbonyl (C=O) groups is 1. The van der Waals surface area contributed by atoms with Gasteiger partial charge in [0.05, 0.1) is 5.60 Å². The van der Waals surface area contributed by atoms with E-state index in [-0.39, 0.29) is 5.60 Å². The van der Waals surface area contributed by atoms with Crippen LogP contribution in [0.5, 0.6) is 0 Å². The lowest BCUT2D eigenvalue weighted by molar-refractivity contribution is -0.0979. The molecule has 0 saturated heterocycles. The Bertz CT molecular complexity index is 187. The summed E-state index contributed by atoms with van der Waals surface area (Å²) in [5, 5.41) is 10.1. The molecular formula is C13H24O2. The van der Waals surface area contributed by atoms with Crippen molar-refractivity contribution in [1.29, 1.82) is 0 Å². The second kappa shape index (κ2) is 7.63. The first kappa shape index (κ1) is 14.4. The van der Waals surface area contributed by atoms with Gasteiger partial charge in [-0.15, -0.1) is 0 Å². The molecule has 0 spiro atoms. The Morgan fingerprint density at radius 2 is 2.07 bits per heavy atom. The molecule has 1 rings (SSSR count). The van der Waals surface area contributed by atoms with Gasteiger partial charge in [-0.1, -0.05) is 38.8 Å². The zero-order valence-corrected chi connectivity index (χ0v) is 10.0. The average Bonchev–Trinajstić information content (AvgIpc) is 2.21. The van der Waals surface area contributed by atoms with E-state index in [1.54, 1.807) is 0 Å². The third kappa shape index (κ3) is 6.45. The SMILES string of the molecule is C=O.CC(C)CCCC1(O)CC=CCC1. The maximum Gasteiger partial charge on any atom is 0.106 e. The van der Waals surface area contributed by atoms with Crippen molar-refractivity contribution in [2.45, 2.75) is 58.0 Å². The molecular weight excluding hydrogens is 188 g/mol. The molecule has 1 aliphatic rings. The lowest BCUT2D eigenvalue weighted by Gasteiger charge is -2.29. The van der Waals surface area contributed by atoms with E-state index in [4.69, 9.17) is 4.79 Å². The summed E-state index contributed by atoms with van der Waals surface area (Å²) >= 11 is 0. The van der Waals surface area contributed by atoms with E-state index in [2.05, 4.69) is 26.0 Å². The summed E-state index contributed by atoms with van der Waals surface area (Å²) in [6, 6.07) is 0. The first-order chi connectivity index (χ1) is 7.12. The van der Waals surface area contributed by atoms with Gasteiger partial charge in [-0.05, 0) is 31.6 Å². The molecule has 0 fully saturated rings. The molecule has 0 amide bonds. The van der Waals surface area contributed by atoms with E-state index in [9.17, 15) is 5.11 Å². The van der Waals surface area contributed by atoms with Crippen LogP contribution in [0.1, 0.15) is 52.4 Å². The molecule has 0 aliphatic heterocycles. The molecule has 0 aromatic rings. The molecule has 2 heteroatoms. The molecule has 0 saturated carbocycles. The van der Waals surface area contributed by atoms with E-state index in [0.717, 1.165) is 31.6 Å². The molecule has 0 heterocycles. The van der Waals surface area contributed by atoms with Crippen LogP contribution in [0.4, 0.5) is 0 Å². The summed E-state index contributed by atoms with van der Waals surface area (Å²) in [4.78, 5) is 8.00. The third-order valence-corrected chi connectivity index (χ3v) is 2.86. The number of rotatable bonds is 4. The Balaban J connectivity index is 0.000000921. The van der Waals surface area contributed by atoms with Crippen molar-refractivity contribution in [2.75, 3.05) is 0 Å². The maximum absolute atomic E-state index is 10.1. The molecule has 0 radical (unpaired) electrons. The molecule has 88 valence electrons. The van der Waals surface area contributed by atoms with Crippen LogP contribution in [0, 0.1) is 5.92 Å². The summed E-state index contributed by atoms with van der Waals surface area (Å²) in [6.45, 7) is 6.48. The van der Waals surface area contributed by atoms with Gasteiger partial charge in [-0.2, -0.15) is 0 Å². The van der Waals surface area contributed by atoms with Crippen LogP contribution < -0.4 is 0 Å². The zero-order valence-electron chi connectivity index (χ0n) is 10.0. The lowest BCUT2D eigenvalue weighted by atomic mass is 9.84. The minimum absolute atomic E-state index is 0.371. The van der Waals surface area contributed by atoms with E-state index in [0.29, 0.717) is 0 Å². The molecule has 0 aromatic carbocycles. The van der Waals surface area contributed by atoms with Crippen LogP contribution >= 0.6 is 0 Å². The Morgan fingerprint density at radius 1 is 1.40 bits per heavy atom. The van der Waals surface area contributed by atoms with Crippen LogP contribution in [-0.4, -0.2) is 17.5 Å². The highest BCUT2D eigenvalue weighted by Gasteiger charge is 2.25. The van der Waals surface area contributed by atoms with Crippen molar-refractivity contribution in [3.8, 4) is 0 Å². The summed E-state index contributed by atoms with van der Waals surface area (Å²) < 4.78 is 0.